The quantitative estimate of drug-likeness (QED) is 0.702. The molecule has 1 fully saturated rings. The Morgan fingerprint density at radius 2 is 2.04 bits per heavy atom. The van der Waals surface area contributed by atoms with E-state index < -0.39 is 0 Å². The lowest BCUT2D eigenvalue weighted by Crippen LogP contribution is -2.37. The summed E-state index contributed by atoms with van der Waals surface area (Å²) in [6.07, 6.45) is 1.77. The van der Waals surface area contributed by atoms with Gasteiger partial charge in [0.2, 0.25) is 5.95 Å². The van der Waals surface area contributed by atoms with Crippen molar-refractivity contribution < 1.29 is 4.74 Å². The van der Waals surface area contributed by atoms with Crippen molar-refractivity contribution in [1.82, 2.24) is 19.9 Å². The first kappa shape index (κ1) is 17.1. The first-order chi connectivity index (χ1) is 12.7. The van der Waals surface area contributed by atoms with Gasteiger partial charge in [0, 0.05) is 24.1 Å². The molecule has 26 heavy (non-hydrogen) atoms. The number of nitrogens with zero attached hydrogens (tertiary/aromatic N) is 5. The maximum absolute atomic E-state index is 5.41. The Hall–Kier alpha value is -2.32. The summed E-state index contributed by atoms with van der Waals surface area (Å²) in [5.41, 5.74) is 2.64. The molecule has 0 radical (unpaired) electrons. The highest BCUT2D eigenvalue weighted by molar-refractivity contribution is 9.10. The van der Waals surface area contributed by atoms with E-state index in [1.165, 1.54) is 0 Å². The topological polar surface area (TPSA) is 76.1 Å². The van der Waals surface area contributed by atoms with E-state index in [-0.39, 0.29) is 0 Å². The second kappa shape index (κ2) is 7.51. The molecule has 0 saturated carbocycles. The average Bonchev–Trinajstić information content (AvgIpc) is 2.66. The van der Waals surface area contributed by atoms with Gasteiger partial charge < -0.3 is 15.0 Å². The van der Waals surface area contributed by atoms with Crippen LogP contribution < -0.4 is 10.2 Å². The monoisotopic (exact) mass is 414 g/mol. The van der Waals surface area contributed by atoms with E-state index in [4.69, 9.17) is 9.72 Å². The zero-order valence-electron chi connectivity index (χ0n) is 14.4. The van der Waals surface area contributed by atoms with Crippen LogP contribution in [0.25, 0.3) is 11.0 Å². The van der Waals surface area contributed by atoms with Crippen LogP contribution in [-0.2, 0) is 11.3 Å². The summed E-state index contributed by atoms with van der Waals surface area (Å²) in [6, 6.07) is 8.18. The Kier molecular flexibility index (Phi) is 4.94. The number of ether oxygens (including phenoxy) is 1. The number of morpholine rings is 1. The van der Waals surface area contributed by atoms with Crippen molar-refractivity contribution in [1.29, 1.82) is 0 Å². The second-order valence-corrected chi connectivity index (χ2v) is 7.02. The molecule has 1 aromatic carbocycles. The van der Waals surface area contributed by atoms with Crippen molar-refractivity contribution in [3.63, 3.8) is 0 Å². The maximum Gasteiger partial charge on any atom is 0.226 e. The SMILES string of the molecule is Cc1nc(NCc2cccc(Br)c2)c2nc(N3CCOCC3)ncc2n1. The van der Waals surface area contributed by atoms with E-state index in [0.29, 0.717) is 31.5 Å². The van der Waals surface area contributed by atoms with E-state index in [2.05, 4.69) is 53.2 Å². The third kappa shape index (κ3) is 3.76. The normalized spacial score (nSPS) is 14.6. The number of aryl methyl sites for hydroxylation is 1. The minimum Gasteiger partial charge on any atom is -0.378 e. The summed E-state index contributed by atoms with van der Waals surface area (Å²) in [5.74, 6) is 2.11. The Morgan fingerprint density at radius 1 is 1.19 bits per heavy atom. The van der Waals surface area contributed by atoms with Gasteiger partial charge in [0.15, 0.2) is 5.82 Å². The van der Waals surface area contributed by atoms with Gasteiger partial charge in [-0.15, -0.1) is 0 Å². The Bertz CT molecular complexity index is 929. The van der Waals surface area contributed by atoms with Crippen LogP contribution in [0.5, 0.6) is 0 Å². The molecule has 1 saturated heterocycles. The summed E-state index contributed by atoms with van der Waals surface area (Å²) in [4.78, 5) is 20.4. The molecule has 0 unspecified atom stereocenters. The number of fused-ring (bicyclic) bond motifs is 1. The molecule has 2 aromatic heterocycles. The lowest BCUT2D eigenvalue weighted by Gasteiger charge is -2.26. The fourth-order valence-corrected chi connectivity index (χ4v) is 3.35. The Labute approximate surface area is 160 Å². The highest BCUT2D eigenvalue weighted by Crippen LogP contribution is 2.22. The van der Waals surface area contributed by atoms with E-state index in [1.807, 2.05) is 19.1 Å². The van der Waals surface area contributed by atoms with Gasteiger partial charge in [-0.2, -0.15) is 0 Å². The van der Waals surface area contributed by atoms with Crippen LogP contribution in [0.15, 0.2) is 34.9 Å². The number of halogens is 1. The summed E-state index contributed by atoms with van der Waals surface area (Å²) in [7, 11) is 0. The van der Waals surface area contributed by atoms with Gasteiger partial charge in [-0.25, -0.2) is 19.9 Å². The third-order valence-electron chi connectivity index (χ3n) is 4.18. The molecular formula is C18H19BrN6O. The Morgan fingerprint density at radius 3 is 2.85 bits per heavy atom. The predicted octanol–water partition coefficient (Wildman–Crippen LogP) is 2.94. The average molecular weight is 415 g/mol. The summed E-state index contributed by atoms with van der Waals surface area (Å²) in [6.45, 7) is 5.50. The fraction of sp³-hybridized carbons (Fsp3) is 0.333. The molecule has 0 spiro atoms. The molecule has 0 amide bonds. The van der Waals surface area contributed by atoms with Crippen LogP contribution in [-0.4, -0.2) is 46.2 Å². The van der Waals surface area contributed by atoms with Gasteiger partial charge in [0.05, 0.1) is 19.4 Å². The van der Waals surface area contributed by atoms with Crippen LogP contribution in [0.4, 0.5) is 11.8 Å². The van der Waals surface area contributed by atoms with E-state index >= 15 is 0 Å². The number of hydrogen-bond donors (Lipinski definition) is 1. The molecule has 0 atom stereocenters. The van der Waals surface area contributed by atoms with Crippen LogP contribution in [0, 0.1) is 6.92 Å². The van der Waals surface area contributed by atoms with E-state index in [1.54, 1.807) is 6.20 Å². The highest BCUT2D eigenvalue weighted by atomic mass is 79.9. The first-order valence-electron chi connectivity index (χ1n) is 8.51. The molecule has 8 heteroatoms. The van der Waals surface area contributed by atoms with Crippen LogP contribution >= 0.6 is 15.9 Å². The lowest BCUT2D eigenvalue weighted by atomic mass is 10.2. The molecule has 1 aliphatic rings. The second-order valence-electron chi connectivity index (χ2n) is 6.11. The van der Waals surface area contributed by atoms with Crippen LogP contribution in [0.3, 0.4) is 0 Å². The molecule has 7 nitrogen and oxygen atoms in total. The van der Waals surface area contributed by atoms with Crippen LogP contribution in [0.2, 0.25) is 0 Å². The van der Waals surface area contributed by atoms with Crippen molar-refractivity contribution in [2.24, 2.45) is 0 Å². The van der Waals surface area contributed by atoms with Crippen molar-refractivity contribution in [2.45, 2.75) is 13.5 Å². The van der Waals surface area contributed by atoms with Gasteiger partial charge in [-0.05, 0) is 24.6 Å². The van der Waals surface area contributed by atoms with Crippen molar-refractivity contribution >= 4 is 38.7 Å². The molecular weight excluding hydrogens is 396 g/mol. The molecule has 134 valence electrons. The molecule has 4 rings (SSSR count). The molecule has 3 heterocycles. The summed E-state index contributed by atoms with van der Waals surface area (Å²) >= 11 is 3.50. The first-order valence-corrected chi connectivity index (χ1v) is 9.31. The van der Waals surface area contributed by atoms with Crippen LogP contribution in [0.1, 0.15) is 11.4 Å². The third-order valence-corrected chi connectivity index (χ3v) is 4.67. The molecule has 1 N–H and O–H groups in total. The van der Waals surface area contributed by atoms with Crippen molar-refractivity contribution in [2.75, 3.05) is 36.5 Å². The zero-order chi connectivity index (χ0) is 17.9. The lowest BCUT2D eigenvalue weighted by molar-refractivity contribution is 0.122. The molecule has 0 aliphatic carbocycles. The highest BCUT2D eigenvalue weighted by Gasteiger charge is 2.16. The number of rotatable bonds is 4. The number of anilines is 2. The number of aromatic nitrogens is 4. The molecule has 0 bridgehead atoms. The van der Waals surface area contributed by atoms with Gasteiger partial charge in [0.25, 0.3) is 0 Å². The van der Waals surface area contributed by atoms with Crippen molar-refractivity contribution in [3.8, 4) is 0 Å². The van der Waals surface area contributed by atoms with Gasteiger partial charge in [0.1, 0.15) is 16.9 Å². The minimum atomic E-state index is 0.655. The predicted molar refractivity (Wildman–Crippen MR) is 104 cm³/mol. The number of nitrogens with one attached hydrogen (secondary N) is 1. The fourth-order valence-electron chi connectivity index (χ4n) is 2.91. The van der Waals surface area contributed by atoms with E-state index in [0.717, 1.165) is 40.0 Å². The zero-order valence-corrected chi connectivity index (χ0v) is 16.0. The van der Waals surface area contributed by atoms with Gasteiger partial charge in [-0.1, -0.05) is 28.1 Å². The number of benzene rings is 1. The summed E-state index contributed by atoms with van der Waals surface area (Å²) in [5, 5.41) is 3.40. The minimum absolute atomic E-state index is 0.655. The number of hydrogen-bond acceptors (Lipinski definition) is 7. The Balaban J connectivity index is 1.65. The van der Waals surface area contributed by atoms with E-state index in [9.17, 15) is 0 Å². The molecule has 1 aliphatic heterocycles. The van der Waals surface area contributed by atoms with Crippen molar-refractivity contribution in [3.05, 3.63) is 46.3 Å². The smallest absolute Gasteiger partial charge is 0.226 e. The van der Waals surface area contributed by atoms with Gasteiger partial charge >= 0.3 is 0 Å². The molecule has 3 aromatic rings. The van der Waals surface area contributed by atoms with Gasteiger partial charge in [-0.3, -0.25) is 0 Å². The largest absolute Gasteiger partial charge is 0.378 e. The maximum atomic E-state index is 5.41. The summed E-state index contributed by atoms with van der Waals surface area (Å²) < 4.78 is 6.46. The standard InChI is InChI=1S/C18H19BrN6O/c1-12-22-15-11-21-18(25-5-7-26-8-6-25)24-16(15)17(23-12)20-10-13-3-2-4-14(19)9-13/h2-4,9,11H,5-8,10H2,1H3,(H,20,22,23).